The van der Waals surface area contributed by atoms with Crippen LogP contribution in [0.2, 0.25) is 0 Å². The minimum Gasteiger partial charge on any atom is -0.468 e. The van der Waals surface area contributed by atoms with Crippen LogP contribution in [-0.2, 0) is 9.53 Å². The molecule has 2 heterocycles. The number of rotatable bonds is 4. The smallest absolute Gasteiger partial charge is 0.325 e. The van der Waals surface area contributed by atoms with Gasteiger partial charge in [0.1, 0.15) is 29.5 Å². The Bertz CT molecular complexity index is 707. The number of esters is 1. The number of aryl methyl sites for hydroxylation is 1. The normalized spacial score (nSPS) is 9.95. The van der Waals surface area contributed by atoms with Crippen molar-refractivity contribution in [2.24, 2.45) is 0 Å². The maximum atomic E-state index is 12.1. The summed E-state index contributed by atoms with van der Waals surface area (Å²) in [4.78, 5) is 23.2. The number of amides is 1. The van der Waals surface area contributed by atoms with Gasteiger partial charge in [-0.25, -0.2) is 0 Å². The first kappa shape index (κ1) is 14.4. The largest absolute Gasteiger partial charge is 0.468 e. The predicted octanol–water partition coefficient (Wildman–Crippen LogP) is 1.15. The molecule has 2 aromatic rings. The lowest BCUT2D eigenvalue weighted by Gasteiger charge is -2.03. The maximum Gasteiger partial charge on any atom is 0.325 e. The monoisotopic (exact) mass is 287 g/mol. The minimum absolute atomic E-state index is 0.116. The number of carbonyl (C=O) groups excluding carboxylic acids is 2. The fourth-order valence-corrected chi connectivity index (χ4v) is 1.87. The van der Waals surface area contributed by atoms with Crippen molar-refractivity contribution >= 4 is 11.9 Å². The number of hydrogen-bond acceptors (Lipinski definition) is 5. The molecule has 0 saturated heterocycles. The van der Waals surface area contributed by atoms with E-state index in [1.807, 2.05) is 6.07 Å². The van der Waals surface area contributed by atoms with Crippen molar-refractivity contribution in [3.05, 3.63) is 41.4 Å². The van der Waals surface area contributed by atoms with E-state index in [0.717, 1.165) is 0 Å². The molecule has 0 bridgehead atoms. The van der Waals surface area contributed by atoms with Gasteiger partial charge in [-0.05, 0) is 19.1 Å². The second-order valence-electron chi connectivity index (χ2n) is 4.17. The molecule has 2 aromatic heterocycles. The van der Waals surface area contributed by atoms with E-state index in [9.17, 15) is 14.9 Å². The highest BCUT2D eigenvalue weighted by atomic mass is 16.5. The molecule has 0 spiro atoms. The highest BCUT2D eigenvalue weighted by Gasteiger charge is 2.24. The van der Waals surface area contributed by atoms with E-state index >= 15 is 0 Å². The molecule has 0 saturated carbocycles. The van der Waals surface area contributed by atoms with E-state index in [0.29, 0.717) is 5.76 Å². The SMILES string of the molecule is COC(=O)CNC(=O)c1c(C)oc(-n2cccc2)c1C#N. The summed E-state index contributed by atoms with van der Waals surface area (Å²) in [7, 11) is 1.22. The molecule has 0 aromatic carbocycles. The van der Waals surface area contributed by atoms with Gasteiger partial charge in [-0.3, -0.25) is 14.2 Å². The van der Waals surface area contributed by atoms with E-state index < -0.39 is 11.9 Å². The molecule has 0 unspecified atom stereocenters. The fraction of sp³-hybridized carbons (Fsp3) is 0.214. The average molecular weight is 287 g/mol. The van der Waals surface area contributed by atoms with Crippen LogP contribution >= 0.6 is 0 Å². The van der Waals surface area contributed by atoms with Crippen molar-refractivity contribution in [3.8, 4) is 12.0 Å². The summed E-state index contributed by atoms with van der Waals surface area (Å²) in [6.45, 7) is 1.31. The second kappa shape index (κ2) is 5.96. The zero-order valence-corrected chi connectivity index (χ0v) is 11.5. The fourth-order valence-electron chi connectivity index (χ4n) is 1.87. The van der Waals surface area contributed by atoms with Crippen molar-refractivity contribution in [2.75, 3.05) is 13.7 Å². The van der Waals surface area contributed by atoms with Crippen LogP contribution in [0.1, 0.15) is 21.7 Å². The van der Waals surface area contributed by atoms with E-state index in [2.05, 4.69) is 10.1 Å². The van der Waals surface area contributed by atoms with E-state index in [-0.39, 0.29) is 23.6 Å². The Morgan fingerprint density at radius 1 is 1.43 bits per heavy atom. The summed E-state index contributed by atoms with van der Waals surface area (Å²) in [6, 6.07) is 5.51. The lowest BCUT2D eigenvalue weighted by atomic mass is 10.1. The van der Waals surface area contributed by atoms with Crippen LogP contribution in [0.15, 0.2) is 28.9 Å². The van der Waals surface area contributed by atoms with Crippen molar-refractivity contribution in [1.82, 2.24) is 9.88 Å². The molecular formula is C14H13N3O4. The molecule has 0 aliphatic carbocycles. The third-order valence-corrected chi connectivity index (χ3v) is 2.86. The molecule has 2 rings (SSSR count). The number of furan rings is 1. The summed E-state index contributed by atoms with van der Waals surface area (Å²) in [5.74, 6) is -0.564. The quantitative estimate of drug-likeness (QED) is 0.851. The van der Waals surface area contributed by atoms with Gasteiger partial charge in [-0.2, -0.15) is 5.26 Å². The Labute approximate surface area is 120 Å². The Hall–Kier alpha value is -3.01. The van der Waals surface area contributed by atoms with Gasteiger partial charge >= 0.3 is 5.97 Å². The molecule has 108 valence electrons. The maximum absolute atomic E-state index is 12.1. The lowest BCUT2D eigenvalue weighted by Crippen LogP contribution is -2.30. The van der Waals surface area contributed by atoms with Crippen LogP contribution in [-0.4, -0.2) is 30.1 Å². The molecule has 7 nitrogen and oxygen atoms in total. The zero-order valence-electron chi connectivity index (χ0n) is 11.5. The summed E-state index contributed by atoms with van der Waals surface area (Å²) >= 11 is 0. The van der Waals surface area contributed by atoms with Crippen LogP contribution < -0.4 is 5.32 Å². The zero-order chi connectivity index (χ0) is 15.4. The van der Waals surface area contributed by atoms with Crippen molar-refractivity contribution in [3.63, 3.8) is 0 Å². The van der Waals surface area contributed by atoms with Gasteiger partial charge in [-0.15, -0.1) is 0 Å². The third kappa shape index (κ3) is 2.79. The number of nitrogens with one attached hydrogen (secondary N) is 1. The number of hydrogen-bond donors (Lipinski definition) is 1. The number of nitrogens with zero attached hydrogens (tertiary/aromatic N) is 2. The summed E-state index contributed by atoms with van der Waals surface area (Å²) < 4.78 is 11.5. The number of carbonyl (C=O) groups is 2. The van der Waals surface area contributed by atoms with Crippen molar-refractivity contribution < 1.29 is 18.7 Å². The molecule has 0 aliphatic heterocycles. The Morgan fingerprint density at radius 2 is 2.10 bits per heavy atom. The molecule has 0 radical (unpaired) electrons. The Morgan fingerprint density at radius 3 is 2.67 bits per heavy atom. The molecule has 21 heavy (non-hydrogen) atoms. The minimum atomic E-state index is -0.575. The Balaban J connectivity index is 2.34. The summed E-state index contributed by atoms with van der Waals surface area (Å²) in [6.07, 6.45) is 3.41. The first-order chi connectivity index (χ1) is 10.1. The molecule has 7 heteroatoms. The number of ether oxygens (including phenoxy) is 1. The molecular weight excluding hydrogens is 274 g/mol. The van der Waals surface area contributed by atoms with Gasteiger partial charge in [0.25, 0.3) is 5.91 Å². The third-order valence-electron chi connectivity index (χ3n) is 2.86. The number of methoxy groups -OCH3 is 1. The van der Waals surface area contributed by atoms with Gasteiger partial charge < -0.3 is 14.5 Å². The summed E-state index contributed by atoms with van der Waals surface area (Å²) in [5.41, 5.74) is 0.233. The topological polar surface area (TPSA) is 97.3 Å². The van der Waals surface area contributed by atoms with Gasteiger partial charge in [0.15, 0.2) is 0 Å². The van der Waals surface area contributed by atoms with Crippen LogP contribution in [0.3, 0.4) is 0 Å². The van der Waals surface area contributed by atoms with E-state index in [1.54, 1.807) is 36.0 Å². The molecule has 1 N–H and O–H groups in total. The van der Waals surface area contributed by atoms with Gasteiger partial charge in [0.05, 0.1) is 7.11 Å². The number of aromatic nitrogens is 1. The first-order valence-electron chi connectivity index (χ1n) is 6.10. The van der Waals surface area contributed by atoms with Crippen molar-refractivity contribution in [1.29, 1.82) is 5.26 Å². The van der Waals surface area contributed by atoms with Crippen LogP contribution in [0, 0.1) is 18.3 Å². The van der Waals surface area contributed by atoms with Crippen LogP contribution in [0.25, 0.3) is 5.88 Å². The molecule has 0 fully saturated rings. The van der Waals surface area contributed by atoms with Crippen molar-refractivity contribution in [2.45, 2.75) is 6.92 Å². The molecule has 0 atom stereocenters. The van der Waals surface area contributed by atoms with E-state index in [1.165, 1.54) is 7.11 Å². The highest BCUT2D eigenvalue weighted by Crippen LogP contribution is 2.25. The van der Waals surface area contributed by atoms with Gasteiger partial charge in [-0.1, -0.05) is 0 Å². The lowest BCUT2D eigenvalue weighted by molar-refractivity contribution is -0.139. The molecule has 0 aliphatic rings. The molecule has 1 amide bonds. The van der Waals surface area contributed by atoms with Gasteiger partial charge in [0.2, 0.25) is 5.88 Å². The highest BCUT2D eigenvalue weighted by molar-refractivity contribution is 5.99. The van der Waals surface area contributed by atoms with Crippen LogP contribution in [0.4, 0.5) is 0 Å². The predicted molar refractivity (Wildman–Crippen MR) is 71.8 cm³/mol. The first-order valence-corrected chi connectivity index (χ1v) is 6.10. The second-order valence-corrected chi connectivity index (χ2v) is 4.17. The number of nitriles is 1. The van der Waals surface area contributed by atoms with Crippen LogP contribution in [0.5, 0.6) is 0 Å². The Kier molecular flexibility index (Phi) is 4.09. The standard InChI is InChI=1S/C14H13N3O4/c1-9-12(13(19)16-8-11(18)20-2)10(7-15)14(21-9)17-5-3-4-6-17/h3-6H,8H2,1-2H3,(H,16,19). The average Bonchev–Trinajstić information content (AvgIpc) is 3.11. The van der Waals surface area contributed by atoms with Gasteiger partial charge in [0, 0.05) is 12.4 Å². The van der Waals surface area contributed by atoms with E-state index in [4.69, 9.17) is 4.42 Å². The summed E-state index contributed by atoms with van der Waals surface area (Å²) in [5, 5.41) is 11.7.